The van der Waals surface area contributed by atoms with Crippen molar-refractivity contribution in [3.63, 3.8) is 0 Å². The Labute approximate surface area is 93.6 Å². The van der Waals surface area contributed by atoms with Gasteiger partial charge in [0.15, 0.2) is 11.5 Å². The monoisotopic (exact) mass is 222 g/mol. The molecule has 5 heteroatoms. The normalized spacial score (nSPS) is 16.9. The third-order valence-electron chi connectivity index (χ3n) is 2.36. The minimum Gasteiger partial charge on any atom is -0.504 e. The molecule has 1 fully saturated rings. The third kappa shape index (κ3) is 2.64. The second-order valence-corrected chi connectivity index (χ2v) is 3.56. The van der Waals surface area contributed by atoms with Gasteiger partial charge in [-0.15, -0.1) is 0 Å². The number of phenols is 2. The van der Waals surface area contributed by atoms with Gasteiger partial charge in [0.2, 0.25) is 0 Å². The van der Waals surface area contributed by atoms with Gasteiger partial charge in [-0.05, 0) is 23.8 Å². The van der Waals surface area contributed by atoms with Crippen molar-refractivity contribution in [2.45, 2.75) is 0 Å². The molecular formula is C11H14N2O3. The lowest BCUT2D eigenvalue weighted by Gasteiger charge is -2.23. The number of rotatable bonds is 2. The number of nitrogens with zero attached hydrogens (tertiary/aromatic N) is 2. The summed E-state index contributed by atoms with van der Waals surface area (Å²) in [6, 6.07) is 4.61. The lowest BCUT2D eigenvalue weighted by atomic mass is 10.2. The molecule has 2 rings (SSSR count). The van der Waals surface area contributed by atoms with Crippen LogP contribution < -0.4 is 0 Å². The minimum atomic E-state index is -0.133. The topological polar surface area (TPSA) is 65.3 Å². The van der Waals surface area contributed by atoms with E-state index in [1.807, 2.05) is 5.01 Å². The molecule has 0 saturated carbocycles. The van der Waals surface area contributed by atoms with Crippen LogP contribution in [0.25, 0.3) is 0 Å². The van der Waals surface area contributed by atoms with Gasteiger partial charge in [-0.25, -0.2) is 0 Å². The van der Waals surface area contributed by atoms with Crippen LogP contribution in [0.5, 0.6) is 11.5 Å². The summed E-state index contributed by atoms with van der Waals surface area (Å²) in [4.78, 5) is 0. The molecule has 0 atom stereocenters. The van der Waals surface area contributed by atoms with Gasteiger partial charge in [-0.3, -0.25) is 5.01 Å². The molecule has 0 aliphatic carbocycles. The van der Waals surface area contributed by atoms with Gasteiger partial charge in [-0.2, -0.15) is 5.10 Å². The van der Waals surface area contributed by atoms with E-state index < -0.39 is 0 Å². The van der Waals surface area contributed by atoms with Crippen LogP contribution in [0.2, 0.25) is 0 Å². The molecule has 0 amide bonds. The first-order valence-corrected chi connectivity index (χ1v) is 5.14. The summed E-state index contributed by atoms with van der Waals surface area (Å²) in [6.45, 7) is 2.94. The van der Waals surface area contributed by atoms with Gasteiger partial charge < -0.3 is 14.9 Å². The van der Waals surface area contributed by atoms with E-state index in [0.29, 0.717) is 13.2 Å². The standard InChI is InChI=1S/C11H14N2O3/c14-10-2-1-9(7-11(10)15)8-12-13-3-5-16-6-4-13/h1-2,7-8,14-15H,3-6H2. The zero-order chi connectivity index (χ0) is 11.4. The summed E-state index contributed by atoms with van der Waals surface area (Å²) in [6.07, 6.45) is 1.66. The quantitative estimate of drug-likeness (QED) is 0.573. The highest BCUT2D eigenvalue weighted by Crippen LogP contribution is 2.24. The molecule has 0 spiro atoms. The number of phenolic OH excluding ortho intramolecular Hbond substituents is 2. The number of aromatic hydroxyl groups is 2. The molecule has 16 heavy (non-hydrogen) atoms. The van der Waals surface area contributed by atoms with Crippen molar-refractivity contribution >= 4 is 6.21 Å². The van der Waals surface area contributed by atoms with E-state index >= 15 is 0 Å². The lowest BCUT2D eigenvalue weighted by Crippen LogP contribution is -2.32. The van der Waals surface area contributed by atoms with Gasteiger partial charge in [0, 0.05) is 0 Å². The van der Waals surface area contributed by atoms with Crippen LogP contribution in [0.15, 0.2) is 23.3 Å². The molecule has 86 valence electrons. The Balaban J connectivity index is 2.02. The molecule has 5 nitrogen and oxygen atoms in total. The van der Waals surface area contributed by atoms with Gasteiger partial charge in [0.1, 0.15) is 0 Å². The Kier molecular flexibility index (Phi) is 3.26. The van der Waals surface area contributed by atoms with Crippen LogP contribution in [0.1, 0.15) is 5.56 Å². The second-order valence-electron chi connectivity index (χ2n) is 3.56. The van der Waals surface area contributed by atoms with Gasteiger partial charge in [-0.1, -0.05) is 0 Å². The van der Waals surface area contributed by atoms with Crippen molar-refractivity contribution in [3.05, 3.63) is 23.8 Å². The van der Waals surface area contributed by atoms with Crippen LogP contribution in [-0.2, 0) is 4.74 Å². The predicted molar refractivity (Wildman–Crippen MR) is 59.8 cm³/mol. The average molecular weight is 222 g/mol. The average Bonchev–Trinajstić information content (AvgIpc) is 2.32. The van der Waals surface area contributed by atoms with Crippen molar-refractivity contribution in [1.29, 1.82) is 0 Å². The molecule has 0 unspecified atom stereocenters. The highest BCUT2D eigenvalue weighted by atomic mass is 16.5. The highest BCUT2D eigenvalue weighted by Gasteiger charge is 2.06. The molecule has 0 radical (unpaired) electrons. The number of morpholine rings is 1. The largest absolute Gasteiger partial charge is 0.504 e. The maximum absolute atomic E-state index is 9.29. The van der Waals surface area contributed by atoms with Crippen LogP contribution in [0, 0.1) is 0 Å². The van der Waals surface area contributed by atoms with E-state index in [1.165, 1.54) is 12.1 Å². The fourth-order valence-electron chi connectivity index (χ4n) is 1.44. The summed E-state index contributed by atoms with van der Waals surface area (Å²) < 4.78 is 5.20. The van der Waals surface area contributed by atoms with Crippen molar-refractivity contribution in [2.75, 3.05) is 26.3 Å². The maximum Gasteiger partial charge on any atom is 0.158 e. The van der Waals surface area contributed by atoms with E-state index in [9.17, 15) is 5.11 Å². The smallest absolute Gasteiger partial charge is 0.158 e. The third-order valence-corrected chi connectivity index (χ3v) is 2.36. The van der Waals surface area contributed by atoms with Crippen LogP contribution in [-0.4, -0.2) is 47.7 Å². The Morgan fingerprint density at radius 1 is 1.19 bits per heavy atom. The van der Waals surface area contributed by atoms with Gasteiger partial charge >= 0.3 is 0 Å². The molecule has 1 aromatic carbocycles. The first-order chi connectivity index (χ1) is 7.75. The van der Waals surface area contributed by atoms with Crippen molar-refractivity contribution in [2.24, 2.45) is 5.10 Å². The molecule has 2 N–H and O–H groups in total. The fourth-order valence-corrected chi connectivity index (χ4v) is 1.44. The van der Waals surface area contributed by atoms with E-state index in [2.05, 4.69) is 5.10 Å². The maximum atomic E-state index is 9.29. The van der Waals surface area contributed by atoms with Crippen LogP contribution in [0.3, 0.4) is 0 Å². The summed E-state index contributed by atoms with van der Waals surface area (Å²) in [5, 5.41) is 24.6. The first kappa shape index (κ1) is 10.8. The highest BCUT2D eigenvalue weighted by molar-refractivity contribution is 5.80. The minimum absolute atomic E-state index is 0.122. The first-order valence-electron chi connectivity index (χ1n) is 5.14. The van der Waals surface area contributed by atoms with Crippen LogP contribution >= 0.6 is 0 Å². The van der Waals surface area contributed by atoms with E-state index in [4.69, 9.17) is 9.84 Å². The van der Waals surface area contributed by atoms with E-state index in [1.54, 1.807) is 12.3 Å². The SMILES string of the molecule is Oc1ccc(C=NN2CCOCC2)cc1O. The second kappa shape index (κ2) is 4.85. The predicted octanol–water partition coefficient (Wildman–Crippen LogP) is 0.764. The molecule has 1 aliphatic rings. The van der Waals surface area contributed by atoms with E-state index in [-0.39, 0.29) is 11.5 Å². The molecule has 1 heterocycles. The van der Waals surface area contributed by atoms with Gasteiger partial charge in [0.05, 0.1) is 32.5 Å². The Morgan fingerprint density at radius 2 is 1.94 bits per heavy atom. The number of hydrogen-bond donors (Lipinski definition) is 2. The fraction of sp³-hybridized carbons (Fsp3) is 0.364. The Morgan fingerprint density at radius 3 is 2.62 bits per heavy atom. The Bertz CT molecular complexity index is 387. The molecule has 0 aromatic heterocycles. The summed E-state index contributed by atoms with van der Waals surface area (Å²) in [5.74, 6) is -0.255. The van der Waals surface area contributed by atoms with Crippen LogP contribution in [0.4, 0.5) is 0 Å². The lowest BCUT2D eigenvalue weighted by molar-refractivity contribution is 0.0397. The van der Waals surface area contributed by atoms with Crippen molar-refractivity contribution in [1.82, 2.24) is 5.01 Å². The molecule has 1 saturated heterocycles. The van der Waals surface area contributed by atoms with E-state index in [0.717, 1.165) is 18.7 Å². The number of hydrazone groups is 1. The number of benzene rings is 1. The number of hydrogen-bond acceptors (Lipinski definition) is 5. The molecular weight excluding hydrogens is 208 g/mol. The zero-order valence-electron chi connectivity index (χ0n) is 8.83. The van der Waals surface area contributed by atoms with Crippen molar-refractivity contribution in [3.8, 4) is 11.5 Å². The summed E-state index contributed by atoms with van der Waals surface area (Å²) in [7, 11) is 0. The Hall–Kier alpha value is -1.75. The molecule has 1 aliphatic heterocycles. The van der Waals surface area contributed by atoms with Crippen molar-refractivity contribution < 1.29 is 14.9 Å². The molecule has 0 bridgehead atoms. The summed E-state index contributed by atoms with van der Waals surface area (Å²) >= 11 is 0. The summed E-state index contributed by atoms with van der Waals surface area (Å²) in [5.41, 5.74) is 0.752. The van der Waals surface area contributed by atoms with Gasteiger partial charge in [0.25, 0.3) is 0 Å². The zero-order valence-corrected chi connectivity index (χ0v) is 8.83. The number of ether oxygens (including phenoxy) is 1. The molecule has 1 aromatic rings.